The molecule has 0 aliphatic heterocycles. The lowest BCUT2D eigenvalue weighted by atomic mass is 10.1. The molecule has 0 bridgehead atoms. The van der Waals surface area contributed by atoms with Gasteiger partial charge in [-0.1, -0.05) is 86.1 Å². The second-order valence-corrected chi connectivity index (χ2v) is 26.0. The Hall–Kier alpha value is -9.53. The van der Waals surface area contributed by atoms with Gasteiger partial charge in [-0.15, -0.1) is 38.0 Å². The fraction of sp³-hybridized carbons (Fsp3) is 0.203. The molecule has 3 heterocycles. The Morgan fingerprint density at radius 1 is 0.691 bits per heavy atom. The number of Topliss-reactive ketones (excluding diaryl/α,β-unsaturated/α-hetero) is 2. The quantitative estimate of drug-likeness (QED) is 0.00579. The minimum absolute atomic E-state index is 0.00947. The molecule has 0 atom stereocenters. The minimum Gasteiger partial charge on any atom is -0.494 e. The van der Waals surface area contributed by atoms with E-state index < -0.39 is 49.5 Å². The van der Waals surface area contributed by atoms with Crippen molar-refractivity contribution >= 4 is 185 Å². The number of hydrogen-bond donors (Lipinski definition) is 5. The van der Waals surface area contributed by atoms with Crippen LogP contribution in [-0.2, 0) is 35.0 Å². The van der Waals surface area contributed by atoms with E-state index in [0.717, 1.165) is 34.4 Å². The van der Waals surface area contributed by atoms with Gasteiger partial charge in [0.2, 0.25) is 17.6 Å². The molecule has 8 rings (SSSR count). The molecule has 0 spiro atoms. The van der Waals surface area contributed by atoms with Crippen LogP contribution >= 0.6 is 66.3 Å². The SMILES string of the molecule is [C-]#[N+]c1cc(/C=C(\C(C)=O)C(=O)Nc2cccc(Br)c2)sc1N=Nc1cc(OC)c(N(CC)CC)cc1Nc1nc(Nc2cc(N(CC)CC)c(OC)cc2N=Nc2sc(/C=C(/C(C)=O)C(=O)Nc3cccc(Br)c3)c(S(=O)(=O)O)c2C#N)nc(SCc2ccccc2)n1. The topological polar surface area (TPSA) is 312 Å². The van der Waals surface area contributed by atoms with Crippen molar-refractivity contribution in [1.29, 1.82) is 5.26 Å². The van der Waals surface area contributed by atoms with Crippen LogP contribution in [0.3, 0.4) is 0 Å². The summed E-state index contributed by atoms with van der Waals surface area (Å²) in [6, 6.07) is 33.2. The number of halogens is 2. The monoisotopic (exact) mass is 1470 g/mol. The summed E-state index contributed by atoms with van der Waals surface area (Å²) < 4.78 is 50.0. The number of thioether (sulfide) groups is 1. The fourth-order valence-corrected chi connectivity index (χ4v) is 13.7. The molecule has 8 aromatic rings. The van der Waals surface area contributed by atoms with E-state index >= 15 is 0 Å². The van der Waals surface area contributed by atoms with E-state index in [1.54, 1.807) is 72.8 Å². The number of nitrogens with one attached hydrogen (secondary N) is 4. The highest BCUT2D eigenvalue weighted by Gasteiger charge is 2.29. The number of ketones is 2. The number of thiophene rings is 2. The third-order valence-corrected chi connectivity index (χ3v) is 18.6. The van der Waals surface area contributed by atoms with Crippen LogP contribution in [0.5, 0.6) is 11.5 Å². The van der Waals surface area contributed by atoms with Crippen LogP contribution in [-0.4, -0.2) is 91.7 Å². The van der Waals surface area contributed by atoms with Crippen LogP contribution in [0.15, 0.2) is 160 Å². The van der Waals surface area contributed by atoms with Gasteiger partial charge in [0.05, 0.1) is 59.6 Å². The van der Waals surface area contributed by atoms with E-state index in [1.165, 1.54) is 45.0 Å². The van der Waals surface area contributed by atoms with Gasteiger partial charge in [0.15, 0.2) is 21.7 Å². The molecule has 30 heteroatoms. The largest absolute Gasteiger partial charge is 0.494 e. The maximum Gasteiger partial charge on any atom is 0.297 e. The summed E-state index contributed by atoms with van der Waals surface area (Å²) in [5, 5.41) is 40.8. The zero-order valence-electron chi connectivity index (χ0n) is 51.6. The van der Waals surface area contributed by atoms with Crippen molar-refractivity contribution in [3.05, 3.63) is 162 Å². The number of carbonyl (C=O) groups is 4. The van der Waals surface area contributed by atoms with Gasteiger partial charge in [-0.2, -0.15) is 33.7 Å². The number of azo groups is 2. The van der Waals surface area contributed by atoms with E-state index in [2.05, 4.69) is 83.3 Å². The summed E-state index contributed by atoms with van der Waals surface area (Å²) in [7, 11) is -2.22. The Labute approximate surface area is 571 Å². The molecule has 0 fully saturated rings. The molecule has 5 aromatic carbocycles. The van der Waals surface area contributed by atoms with Gasteiger partial charge in [0.25, 0.3) is 21.9 Å². The Balaban J connectivity index is 1.24. The molecule has 0 radical (unpaired) electrons. The van der Waals surface area contributed by atoms with Crippen molar-refractivity contribution < 1.29 is 41.6 Å². The second-order valence-electron chi connectivity index (χ2n) is 19.8. The van der Waals surface area contributed by atoms with Gasteiger partial charge in [-0.25, -0.2) is 4.85 Å². The number of nitriles is 1. The van der Waals surface area contributed by atoms with Gasteiger partial charge in [0, 0.05) is 69.3 Å². The highest BCUT2D eigenvalue weighted by molar-refractivity contribution is 9.10. The number of rotatable bonds is 28. The van der Waals surface area contributed by atoms with E-state index in [9.17, 15) is 37.4 Å². The molecule has 0 aliphatic carbocycles. The molecule has 3 aromatic heterocycles. The van der Waals surface area contributed by atoms with Gasteiger partial charge in [0.1, 0.15) is 44.4 Å². The maximum absolute atomic E-state index is 13.6. The van der Waals surface area contributed by atoms with Crippen molar-refractivity contribution in [2.24, 2.45) is 20.5 Å². The van der Waals surface area contributed by atoms with Crippen LogP contribution in [0.1, 0.15) is 62.4 Å². The van der Waals surface area contributed by atoms with Crippen LogP contribution in [0.2, 0.25) is 0 Å². The number of benzene rings is 5. The highest BCUT2D eigenvalue weighted by Crippen LogP contribution is 2.46. The van der Waals surface area contributed by atoms with E-state index in [0.29, 0.717) is 92.6 Å². The second kappa shape index (κ2) is 32.4. The number of ether oxygens (including phenoxy) is 2. The molecule has 482 valence electrons. The Morgan fingerprint density at radius 2 is 1.19 bits per heavy atom. The molecular weight excluding hydrogens is 1410 g/mol. The van der Waals surface area contributed by atoms with Crippen LogP contribution in [0, 0.1) is 17.9 Å². The Bertz CT molecular complexity index is 4540. The summed E-state index contributed by atoms with van der Waals surface area (Å²) in [6.07, 6.45) is 2.37. The first kappa shape index (κ1) is 70.3. The zero-order valence-corrected chi connectivity index (χ0v) is 58.0. The van der Waals surface area contributed by atoms with Crippen LogP contribution in [0.25, 0.3) is 17.0 Å². The maximum atomic E-state index is 13.6. The lowest BCUT2D eigenvalue weighted by molar-refractivity contribution is -0.120. The summed E-state index contributed by atoms with van der Waals surface area (Å²) >= 11 is 9.67. The Morgan fingerprint density at radius 3 is 1.64 bits per heavy atom. The van der Waals surface area contributed by atoms with E-state index in [1.807, 2.05) is 69.0 Å². The average Bonchev–Trinajstić information content (AvgIpc) is 1.45. The van der Waals surface area contributed by atoms with Gasteiger partial charge in [-0.3, -0.25) is 23.7 Å². The first-order valence-electron chi connectivity index (χ1n) is 28.5. The molecule has 5 N–H and O–H groups in total. The Kier molecular flexibility index (Phi) is 24.2. The first-order chi connectivity index (χ1) is 45.1. The first-order valence-corrected chi connectivity index (χ1v) is 34.1. The lowest BCUT2D eigenvalue weighted by Gasteiger charge is -2.25. The van der Waals surface area contributed by atoms with Crippen molar-refractivity contribution in [2.75, 3.05) is 71.5 Å². The molecular formula is C64H59Br2N15O9S4. The number of nitrogens with zero attached hydrogens (tertiary/aromatic N) is 11. The number of amides is 2. The molecule has 0 saturated heterocycles. The van der Waals surface area contributed by atoms with Crippen molar-refractivity contribution in [2.45, 2.75) is 57.3 Å². The molecule has 0 unspecified atom stereocenters. The minimum atomic E-state index is -5.21. The molecule has 24 nitrogen and oxygen atoms in total. The predicted molar refractivity (Wildman–Crippen MR) is 376 cm³/mol. The number of aromatic nitrogens is 3. The average molecular weight is 1470 g/mol. The van der Waals surface area contributed by atoms with Crippen LogP contribution in [0.4, 0.5) is 73.1 Å². The molecule has 0 saturated carbocycles. The summed E-state index contributed by atoms with van der Waals surface area (Å²) in [6.45, 7) is 20.6. The number of carbonyl (C=O) groups excluding carboxylic acids is 4. The lowest BCUT2D eigenvalue weighted by Crippen LogP contribution is -2.22. The summed E-state index contributed by atoms with van der Waals surface area (Å²) in [5.41, 5.74) is 2.76. The molecule has 0 aliphatic rings. The summed E-state index contributed by atoms with van der Waals surface area (Å²) in [4.78, 5) is 74.5. The third-order valence-electron chi connectivity index (χ3n) is 13.7. The van der Waals surface area contributed by atoms with E-state index in [4.69, 9.17) is 31.0 Å². The van der Waals surface area contributed by atoms with Gasteiger partial charge < -0.3 is 40.5 Å². The molecule has 94 heavy (non-hydrogen) atoms. The number of methoxy groups -OCH3 is 2. The van der Waals surface area contributed by atoms with Gasteiger partial charge >= 0.3 is 0 Å². The number of hydrogen-bond acceptors (Lipinski definition) is 23. The van der Waals surface area contributed by atoms with Crippen molar-refractivity contribution in [3.63, 3.8) is 0 Å². The summed E-state index contributed by atoms with van der Waals surface area (Å²) in [5.74, 6) is -1.55. The standard InChI is InChI=1S/C64H59Br2N15O9S4/c1-10-80(11-2)52-30-47(49(32-54(52)89-8)76-78-60-46(34-67)57(94(86,87)88)56(93-60)29-45(37(6)83)59(85)70-42-24-18-22-40(66)26-42)71-62-73-63(75-64(74-62)91-35-38-19-15-14-16-20-38)72-48-31-53(81(12-3)13-4)55(90-9)33-50(48)77-79-61-51(68-7)28-43(92-61)27-44(36(5)82)58(84)69-41-23-17-21-39(65)25-41/h14-33H,10-13,35H2,1-6,8-9H3,(H,69,84)(H,70,85)(H,86,87,88)(H2,71,72,73,74,75)/b44-27+,45-29-,78-76?,79-77?. The van der Waals surface area contributed by atoms with Crippen LogP contribution < -0.4 is 40.5 Å². The third kappa shape index (κ3) is 17.8. The zero-order chi connectivity index (χ0) is 67.8. The van der Waals surface area contributed by atoms with Gasteiger partial charge in [-0.05, 0) is 114 Å². The smallest absolute Gasteiger partial charge is 0.297 e. The van der Waals surface area contributed by atoms with Crippen molar-refractivity contribution in [3.8, 4) is 17.6 Å². The van der Waals surface area contributed by atoms with E-state index in [-0.39, 0.29) is 60.3 Å². The fourth-order valence-electron chi connectivity index (χ4n) is 9.14. The highest BCUT2D eigenvalue weighted by atomic mass is 79.9. The normalized spacial score (nSPS) is 11.7. The predicted octanol–water partition coefficient (Wildman–Crippen LogP) is 16.7. The molecule has 2 amide bonds. The van der Waals surface area contributed by atoms with Crippen molar-refractivity contribution in [1.82, 2.24) is 15.0 Å². The number of anilines is 8.